The molecule has 1 N–H and O–H groups in total. The summed E-state index contributed by atoms with van der Waals surface area (Å²) in [7, 11) is -3.05. The second-order valence-electron chi connectivity index (χ2n) is 12.8. The van der Waals surface area contributed by atoms with Crippen LogP contribution in [0.2, 0.25) is 5.04 Å². The van der Waals surface area contributed by atoms with Crippen molar-refractivity contribution >= 4 is 30.1 Å². The average Bonchev–Trinajstić information content (AvgIpc) is 3.33. The molecule has 1 saturated heterocycles. The summed E-state index contributed by atoms with van der Waals surface area (Å²) in [6, 6.07) is 21.8. The Morgan fingerprint density at radius 3 is 2.00 bits per heavy atom. The molecule has 0 unspecified atom stereocenters. The summed E-state index contributed by atoms with van der Waals surface area (Å²) in [5, 5.41) is 19.3. The van der Waals surface area contributed by atoms with Crippen molar-refractivity contribution in [2.45, 2.75) is 72.3 Å². The van der Waals surface area contributed by atoms with Gasteiger partial charge in [0.2, 0.25) is 0 Å². The van der Waals surface area contributed by atoms with Crippen LogP contribution in [-0.2, 0) is 15.8 Å². The lowest BCUT2D eigenvalue weighted by Gasteiger charge is -2.43. The lowest BCUT2D eigenvalue weighted by molar-refractivity contribution is -0.00553. The number of morpholine rings is 1. The number of rotatable bonds is 8. The van der Waals surface area contributed by atoms with E-state index in [0.717, 1.165) is 10.4 Å². The van der Waals surface area contributed by atoms with Gasteiger partial charge in [-0.1, -0.05) is 91.7 Å². The Labute approximate surface area is 264 Å². The quantitative estimate of drug-likeness (QED) is 0.104. The molecule has 2 heterocycles. The zero-order valence-corrected chi connectivity index (χ0v) is 27.9. The molecule has 0 bridgehead atoms. The molecule has 238 valence electrons. The molecular weight excluding hydrogens is 592 g/mol. The summed E-state index contributed by atoms with van der Waals surface area (Å²) in [6.45, 7) is 14.3. The van der Waals surface area contributed by atoms with E-state index in [4.69, 9.17) is 13.7 Å². The second kappa shape index (κ2) is 12.9. The highest BCUT2D eigenvalue weighted by molar-refractivity contribution is 6.99. The molecule has 1 aromatic heterocycles. The number of ether oxygens (including phenoxy) is 1. The van der Waals surface area contributed by atoms with Crippen molar-refractivity contribution in [1.29, 1.82) is 0 Å². The van der Waals surface area contributed by atoms with Crippen LogP contribution in [0.1, 0.15) is 62.8 Å². The SMILES string of the molecule is Cc1noc(C)c1C(=NO)c1cc(CO[Si](c2ccccc2)(c2ccccc2)C(C)(C)C)c(N2C[C@@H](C)O[C@@H](C)C2)c(F)c1F. The summed E-state index contributed by atoms with van der Waals surface area (Å²) < 4.78 is 51.1. The fourth-order valence-corrected chi connectivity index (χ4v) is 11.2. The van der Waals surface area contributed by atoms with E-state index in [2.05, 4.69) is 55.3 Å². The molecule has 0 aliphatic carbocycles. The molecule has 3 aromatic carbocycles. The Morgan fingerprint density at radius 2 is 1.53 bits per heavy atom. The maximum Gasteiger partial charge on any atom is 0.261 e. The summed E-state index contributed by atoms with van der Waals surface area (Å²) in [4.78, 5) is 1.83. The van der Waals surface area contributed by atoms with Gasteiger partial charge in [0.1, 0.15) is 11.5 Å². The molecule has 2 atom stereocenters. The van der Waals surface area contributed by atoms with Gasteiger partial charge in [0, 0.05) is 24.2 Å². The third kappa shape index (κ3) is 6.06. The van der Waals surface area contributed by atoms with Gasteiger partial charge in [-0.3, -0.25) is 0 Å². The van der Waals surface area contributed by atoms with Gasteiger partial charge >= 0.3 is 0 Å². The highest BCUT2D eigenvalue weighted by atomic mass is 28.4. The molecule has 0 saturated carbocycles. The maximum atomic E-state index is 16.5. The molecule has 1 fully saturated rings. The Kier molecular flexibility index (Phi) is 9.30. The van der Waals surface area contributed by atoms with E-state index in [-0.39, 0.29) is 40.8 Å². The molecule has 0 radical (unpaired) electrons. The topological polar surface area (TPSA) is 80.3 Å². The number of anilines is 1. The van der Waals surface area contributed by atoms with Crippen molar-refractivity contribution in [3.63, 3.8) is 0 Å². The minimum Gasteiger partial charge on any atom is -0.410 e. The minimum absolute atomic E-state index is 0.0206. The van der Waals surface area contributed by atoms with Crippen LogP contribution >= 0.6 is 0 Å². The van der Waals surface area contributed by atoms with Crippen molar-refractivity contribution in [2.24, 2.45) is 5.16 Å². The molecule has 7 nitrogen and oxygen atoms in total. The second-order valence-corrected chi connectivity index (χ2v) is 17.1. The van der Waals surface area contributed by atoms with E-state index in [1.165, 1.54) is 6.07 Å². The van der Waals surface area contributed by atoms with Crippen molar-refractivity contribution < 1.29 is 27.7 Å². The minimum atomic E-state index is -3.05. The lowest BCUT2D eigenvalue weighted by atomic mass is 9.96. The molecule has 0 spiro atoms. The van der Waals surface area contributed by atoms with Crippen molar-refractivity contribution in [3.8, 4) is 0 Å². The van der Waals surface area contributed by atoms with Crippen LogP contribution in [0.5, 0.6) is 0 Å². The zero-order chi connectivity index (χ0) is 32.5. The van der Waals surface area contributed by atoms with Gasteiger partial charge in [-0.15, -0.1) is 0 Å². The molecule has 1 aliphatic heterocycles. The first-order chi connectivity index (χ1) is 21.4. The Morgan fingerprint density at radius 1 is 0.978 bits per heavy atom. The maximum absolute atomic E-state index is 16.5. The van der Waals surface area contributed by atoms with E-state index in [0.29, 0.717) is 35.7 Å². The van der Waals surface area contributed by atoms with Gasteiger partial charge in [0.15, 0.2) is 11.6 Å². The number of oxime groups is 1. The van der Waals surface area contributed by atoms with Gasteiger partial charge in [-0.05, 0) is 49.2 Å². The van der Waals surface area contributed by atoms with Gasteiger partial charge in [-0.25, -0.2) is 8.78 Å². The molecule has 1 aliphatic rings. The Balaban J connectivity index is 1.72. The van der Waals surface area contributed by atoms with Crippen LogP contribution in [0.25, 0.3) is 0 Å². The number of halogens is 2. The number of benzene rings is 3. The third-order valence-electron chi connectivity index (χ3n) is 8.48. The average molecular weight is 634 g/mol. The highest BCUT2D eigenvalue weighted by Gasteiger charge is 2.50. The molecule has 0 amide bonds. The first-order valence-electron chi connectivity index (χ1n) is 15.2. The summed E-state index contributed by atoms with van der Waals surface area (Å²) in [5.41, 5.74) is 0.882. The van der Waals surface area contributed by atoms with Gasteiger partial charge in [-0.2, -0.15) is 0 Å². The number of nitrogens with zero attached hydrogens (tertiary/aromatic N) is 3. The van der Waals surface area contributed by atoms with Crippen LogP contribution in [0.3, 0.4) is 0 Å². The smallest absolute Gasteiger partial charge is 0.261 e. The molecular formula is C35H41F2N3O4Si. The fourth-order valence-electron chi connectivity index (χ4n) is 6.66. The van der Waals surface area contributed by atoms with E-state index >= 15 is 8.78 Å². The molecule has 4 aromatic rings. The monoisotopic (exact) mass is 633 g/mol. The fraction of sp³-hybridized carbons (Fsp3) is 0.371. The molecule has 10 heteroatoms. The number of aromatic nitrogens is 1. The predicted molar refractivity (Wildman–Crippen MR) is 174 cm³/mol. The first kappa shape index (κ1) is 32.5. The highest BCUT2D eigenvalue weighted by Crippen LogP contribution is 2.39. The Bertz CT molecular complexity index is 1600. The van der Waals surface area contributed by atoms with Crippen molar-refractivity contribution in [3.05, 3.63) is 107 Å². The van der Waals surface area contributed by atoms with Gasteiger partial charge < -0.3 is 23.8 Å². The lowest BCUT2D eigenvalue weighted by Crippen LogP contribution is -2.66. The summed E-state index contributed by atoms with van der Waals surface area (Å²) in [6.07, 6.45) is -0.392. The largest absolute Gasteiger partial charge is 0.410 e. The summed E-state index contributed by atoms with van der Waals surface area (Å²) >= 11 is 0. The normalized spacial score (nSPS) is 18.0. The number of hydrogen-bond donors (Lipinski definition) is 1. The van der Waals surface area contributed by atoms with Crippen LogP contribution in [-0.4, -0.2) is 49.7 Å². The summed E-state index contributed by atoms with van der Waals surface area (Å²) in [5.74, 6) is -1.84. The Hall–Kier alpha value is -3.86. The van der Waals surface area contributed by atoms with Crippen LogP contribution < -0.4 is 15.3 Å². The van der Waals surface area contributed by atoms with E-state index in [9.17, 15) is 5.21 Å². The number of hydrogen-bond acceptors (Lipinski definition) is 7. The third-order valence-corrected chi connectivity index (χ3v) is 13.5. The van der Waals surface area contributed by atoms with Crippen LogP contribution in [0, 0.1) is 25.5 Å². The first-order valence-corrected chi connectivity index (χ1v) is 17.1. The van der Waals surface area contributed by atoms with Crippen molar-refractivity contribution in [2.75, 3.05) is 18.0 Å². The van der Waals surface area contributed by atoms with E-state index in [1.54, 1.807) is 13.8 Å². The number of aryl methyl sites for hydroxylation is 2. The standard InChI is InChI=1S/C35H41F2N3O4Si/c1-22-19-40(20-23(2)43-22)34-26(18-29(31(36)32(34)37)33(38-41)30-24(3)39-44-25(30)4)21-42-45(35(5,6)7,27-14-10-8-11-15-27)28-16-12-9-13-17-28/h8-18,22-23,41H,19-21H2,1-7H3/t22-,23+. The van der Waals surface area contributed by atoms with Crippen molar-refractivity contribution in [1.82, 2.24) is 5.16 Å². The zero-order valence-electron chi connectivity index (χ0n) is 26.9. The molecule has 45 heavy (non-hydrogen) atoms. The van der Waals surface area contributed by atoms with E-state index in [1.807, 2.05) is 55.1 Å². The van der Waals surface area contributed by atoms with E-state index < -0.39 is 20.0 Å². The molecule has 5 rings (SSSR count). The van der Waals surface area contributed by atoms with Crippen LogP contribution in [0.15, 0.2) is 76.4 Å². The predicted octanol–water partition coefficient (Wildman–Crippen LogP) is 6.49. The van der Waals surface area contributed by atoms with Crippen LogP contribution in [0.4, 0.5) is 14.5 Å². The van der Waals surface area contributed by atoms with Gasteiger partial charge in [0.25, 0.3) is 8.32 Å². The van der Waals surface area contributed by atoms with Gasteiger partial charge in [0.05, 0.1) is 35.8 Å².